The second-order valence-corrected chi connectivity index (χ2v) is 8.68. The number of anilines is 1. The Labute approximate surface area is 176 Å². The first kappa shape index (κ1) is 21.1. The quantitative estimate of drug-likeness (QED) is 0.700. The lowest BCUT2D eigenvalue weighted by Crippen LogP contribution is -2.28. The highest BCUT2D eigenvalue weighted by Crippen LogP contribution is 2.27. The zero-order valence-corrected chi connectivity index (χ0v) is 18.1. The van der Waals surface area contributed by atoms with E-state index < -0.39 is 5.25 Å². The minimum absolute atomic E-state index is 0.107. The Hall–Kier alpha value is -2.60. The van der Waals surface area contributed by atoms with Crippen LogP contribution in [0.2, 0.25) is 0 Å². The number of hydrogen-bond donors (Lipinski definition) is 2. The lowest BCUT2D eigenvalue weighted by molar-refractivity contribution is -0.122. The van der Waals surface area contributed by atoms with Crippen molar-refractivity contribution < 1.29 is 9.59 Å². The van der Waals surface area contributed by atoms with Gasteiger partial charge in [-0.25, -0.2) is 4.99 Å². The van der Waals surface area contributed by atoms with Crippen molar-refractivity contribution in [1.82, 2.24) is 5.32 Å². The molecule has 0 spiro atoms. The van der Waals surface area contributed by atoms with Crippen molar-refractivity contribution in [3.05, 3.63) is 59.2 Å². The molecule has 1 aliphatic heterocycles. The van der Waals surface area contributed by atoms with Gasteiger partial charge in [0.15, 0.2) is 5.17 Å². The standard InChI is InChI=1S/C23H27N3O2S/c1-5-15(3)17-8-10-18(11-9-17)24-23-26-22(28)20(29-23)13-21(27)25-19-12-14(2)6-7-16(19)4/h6-12,15,20H,5,13H2,1-4H3,(H,25,27)(H,24,26,28)/t15-,20+/m1/s1. The molecule has 2 N–H and O–H groups in total. The van der Waals surface area contributed by atoms with Crippen molar-refractivity contribution in [1.29, 1.82) is 0 Å². The van der Waals surface area contributed by atoms with Gasteiger partial charge in [0.25, 0.3) is 0 Å². The first-order chi connectivity index (χ1) is 13.9. The molecule has 2 aromatic carbocycles. The topological polar surface area (TPSA) is 70.6 Å². The molecule has 1 fully saturated rings. The van der Waals surface area contributed by atoms with Gasteiger partial charge in [0.1, 0.15) is 5.25 Å². The average Bonchev–Trinajstić information content (AvgIpc) is 3.03. The van der Waals surface area contributed by atoms with E-state index >= 15 is 0 Å². The van der Waals surface area contributed by atoms with Crippen LogP contribution in [0.3, 0.4) is 0 Å². The summed E-state index contributed by atoms with van der Waals surface area (Å²) >= 11 is 1.30. The highest BCUT2D eigenvalue weighted by molar-refractivity contribution is 8.15. The first-order valence-corrected chi connectivity index (χ1v) is 10.8. The third-order valence-corrected chi connectivity index (χ3v) is 6.20. The molecular formula is C23H27N3O2S. The van der Waals surface area contributed by atoms with Crippen molar-refractivity contribution in [3.8, 4) is 0 Å². The van der Waals surface area contributed by atoms with Crippen LogP contribution >= 0.6 is 11.8 Å². The number of amidine groups is 1. The Morgan fingerprint density at radius 1 is 1.21 bits per heavy atom. The van der Waals surface area contributed by atoms with Gasteiger partial charge in [0, 0.05) is 12.1 Å². The number of amides is 2. The van der Waals surface area contributed by atoms with Gasteiger partial charge in [-0.1, -0.05) is 49.9 Å². The molecule has 2 aromatic rings. The first-order valence-electron chi connectivity index (χ1n) is 9.89. The zero-order chi connectivity index (χ0) is 21.0. The van der Waals surface area contributed by atoms with Crippen LogP contribution in [0.4, 0.5) is 11.4 Å². The number of aryl methyl sites for hydroxylation is 2. The van der Waals surface area contributed by atoms with E-state index in [0.717, 1.165) is 28.9 Å². The number of thioether (sulfide) groups is 1. The number of benzene rings is 2. The molecule has 0 aromatic heterocycles. The summed E-state index contributed by atoms with van der Waals surface area (Å²) in [5.74, 6) is 0.156. The van der Waals surface area contributed by atoms with Crippen LogP contribution in [-0.2, 0) is 9.59 Å². The molecule has 0 bridgehead atoms. The van der Waals surface area contributed by atoms with Gasteiger partial charge in [0.2, 0.25) is 11.8 Å². The zero-order valence-electron chi connectivity index (χ0n) is 17.3. The van der Waals surface area contributed by atoms with Crippen molar-refractivity contribution >= 4 is 40.1 Å². The third kappa shape index (κ3) is 5.48. The summed E-state index contributed by atoms with van der Waals surface area (Å²) in [7, 11) is 0. The highest BCUT2D eigenvalue weighted by Gasteiger charge is 2.32. The Morgan fingerprint density at radius 3 is 2.62 bits per heavy atom. The van der Waals surface area contributed by atoms with E-state index in [-0.39, 0.29) is 18.2 Å². The second-order valence-electron chi connectivity index (χ2n) is 7.48. The number of rotatable bonds is 6. The Kier molecular flexibility index (Phi) is 6.75. The van der Waals surface area contributed by atoms with E-state index in [9.17, 15) is 9.59 Å². The van der Waals surface area contributed by atoms with E-state index in [1.807, 2.05) is 44.2 Å². The van der Waals surface area contributed by atoms with Crippen molar-refractivity contribution in [2.45, 2.75) is 51.7 Å². The van der Waals surface area contributed by atoms with E-state index in [1.165, 1.54) is 17.3 Å². The maximum Gasteiger partial charge on any atom is 0.240 e. The number of nitrogens with one attached hydrogen (secondary N) is 2. The van der Waals surface area contributed by atoms with Gasteiger partial charge < -0.3 is 10.6 Å². The molecule has 152 valence electrons. The summed E-state index contributed by atoms with van der Waals surface area (Å²) in [6.45, 7) is 8.29. The number of carbonyl (C=O) groups excluding carboxylic acids is 2. The molecule has 2 atom stereocenters. The summed E-state index contributed by atoms with van der Waals surface area (Å²) in [4.78, 5) is 29.2. The number of aliphatic imine (C=N–C) groups is 1. The molecule has 6 heteroatoms. The van der Waals surface area contributed by atoms with Gasteiger partial charge in [-0.05, 0) is 61.1 Å². The summed E-state index contributed by atoms with van der Waals surface area (Å²) in [6, 6.07) is 14.0. The van der Waals surface area contributed by atoms with Gasteiger partial charge >= 0.3 is 0 Å². The predicted molar refractivity (Wildman–Crippen MR) is 121 cm³/mol. The van der Waals surface area contributed by atoms with Crippen molar-refractivity contribution in [2.75, 3.05) is 5.32 Å². The smallest absolute Gasteiger partial charge is 0.240 e. The van der Waals surface area contributed by atoms with Crippen molar-refractivity contribution in [3.63, 3.8) is 0 Å². The number of carbonyl (C=O) groups is 2. The molecule has 0 saturated carbocycles. The highest BCUT2D eigenvalue weighted by atomic mass is 32.2. The summed E-state index contributed by atoms with van der Waals surface area (Å²) < 4.78 is 0. The van der Waals surface area contributed by atoms with E-state index in [0.29, 0.717) is 11.1 Å². The van der Waals surface area contributed by atoms with Crippen LogP contribution in [0.15, 0.2) is 47.5 Å². The molecule has 5 nitrogen and oxygen atoms in total. The third-order valence-electron chi connectivity index (χ3n) is 5.12. The second kappa shape index (κ2) is 9.27. The van der Waals surface area contributed by atoms with Gasteiger partial charge in [-0.2, -0.15) is 0 Å². The molecule has 0 radical (unpaired) electrons. The number of nitrogens with zero attached hydrogens (tertiary/aromatic N) is 1. The number of hydrogen-bond acceptors (Lipinski definition) is 4. The average molecular weight is 410 g/mol. The molecule has 1 aliphatic rings. The Morgan fingerprint density at radius 2 is 1.93 bits per heavy atom. The molecule has 29 heavy (non-hydrogen) atoms. The van der Waals surface area contributed by atoms with Crippen LogP contribution in [0.1, 0.15) is 49.3 Å². The fraction of sp³-hybridized carbons (Fsp3) is 0.348. The summed E-state index contributed by atoms with van der Waals surface area (Å²) in [6.07, 6.45) is 1.20. The maximum absolute atomic E-state index is 12.4. The monoisotopic (exact) mass is 409 g/mol. The van der Waals surface area contributed by atoms with Crippen LogP contribution in [-0.4, -0.2) is 22.2 Å². The van der Waals surface area contributed by atoms with Gasteiger partial charge in [-0.15, -0.1) is 0 Å². The van der Waals surface area contributed by atoms with Gasteiger partial charge in [0.05, 0.1) is 5.69 Å². The fourth-order valence-corrected chi connectivity index (χ4v) is 4.05. The minimum atomic E-state index is -0.474. The molecule has 0 aliphatic carbocycles. The van der Waals surface area contributed by atoms with E-state index in [4.69, 9.17) is 0 Å². The fourth-order valence-electron chi connectivity index (χ4n) is 3.06. The minimum Gasteiger partial charge on any atom is -0.326 e. The summed E-state index contributed by atoms with van der Waals surface area (Å²) in [5, 5.41) is 5.76. The summed E-state index contributed by atoms with van der Waals surface area (Å²) in [5.41, 5.74) is 4.93. The van der Waals surface area contributed by atoms with Crippen molar-refractivity contribution in [2.24, 2.45) is 4.99 Å². The maximum atomic E-state index is 12.4. The molecule has 3 rings (SSSR count). The predicted octanol–water partition coefficient (Wildman–Crippen LogP) is 5.06. The van der Waals surface area contributed by atoms with Crippen LogP contribution in [0, 0.1) is 13.8 Å². The van der Waals surface area contributed by atoms with Crippen LogP contribution in [0.5, 0.6) is 0 Å². The molecular weight excluding hydrogens is 382 g/mol. The molecule has 1 heterocycles. The van der Waals surface area contributed by atoms with Crippen LogP contribution < -0.4 is 10.6 Å². The lowest BCUT2D eigenvalue weighted by Gasteiger charge is -2.10. The molecule has 2 amide bonds. The molecule has 0 unspecified atom stereocenters. The Bertz CT molecular complexity index is 938. The largest absolute Gasteiger partial charge is 0.326 e. The van der Waals surface area contributed by atoms with Crippen LogP contribution in [0.25, 0.3) is 0 Å². The lowest BCUT2D eigenvalue weighted by atomic mass is 9.99. The SMILES string of the molecule is CC[C@@H](C)c1ccc(N=C2NC(=O)[C@H](CC(=O)Nc3cc(C)ccc3C)S2)cc1. The van der Waals surface area contributed by atoms with E-state index in [2.05, 4.69) is 41.6 Å². The normalized spacial score (nSPS) is 18.6. The Balaban J connectivity index is 1.61. The molecule has 1 saturated heterocycles. The van der Waals surface area contributed by atoms with Gasteiger partial charge in [-0.3, -0.25) is 9.59 Å². The van der Waals surface area contributed by atoms with E-state index in [1.54, 1.807) is 0 Å².